The summed E-state index contributed by atoms with van der Waals surface area (Å²) in [5.74, 6) is 0.433. The van der Waals surface area contributed by atoms with E-state index in [9.17, 15) is 4.79 Å². The zero-order valence-corrected chi connectivity index (χ0v) is 11.7. The number of amides is 1. The van der Waals surface area contributed by atoms with E-state index in [0.717, 1.165) is 22.3 Å². The average molecular weight is 314 g/mol. The first-order chi connectivity index (χ1) is 8.19. The Morgan fingerprint density at radius 3 is 3.06 bits per heavy atom. The minimum Gasteiger partial charge on any atom is -0.305 e. The van der Waals surface area contributed by atoms with E-state index in [0.29, 0.717) is 11.4 Å². The molecule has 0 bridgehead atoms. The van der Waals surface area contributed by atoms with Gasteiger partial charge in [-0.3, -0.25) is 9.89 Å². The van der Waals surface area contributed by atoms with Gasteiger partial charge in [-0.05, 0) is 28.4 Å². The maximum Gasteiger partial charge on any atom is 0.257 e. The molecule has 0 aliphatic heterocycles. The lowest BCUT2D eigenvalue weighted by atomic mass is 10.2. The number of nitrogens with one attached hydrogen (secondary N) is 2. The highest BCUT2D eigenvalue weighted by atomic mass is 79.9. The average Bonchev–Trinajstić information content (AvgIpc) is 2.88. The Bertz CT molecular complexity index is 520. The standard InChI is InChI=1S/C11H12BrN3OS/c1-2-3-8-5-10(15-14-8)13-11(16)7-4-9(12)17-6-7/h4-6H,2-3H2,1H3,(H2,13,14,15,16). The smallest absolute Gasteiger partial charge is 0.257 e. The molecule has 2 aromatic rings. The summed E-state index contributed by atoms with van der Waals surface area (Å²) in [6.45, 7) is 2.10. The van der Waals surface area contributed by atoms with E-state index in [2.05, 4.69) is 38.4 Å². The van der Waals surface area contributed by atoms with Crippen LogP contribution in [0.4, 0.5) is 5.82 Å². The number of anilines is 1. The van der Waals surface area contributed by atoms with Gasteiger partial charge in [0.2, 0.25) is 0 Å². The number of aryl methyl sites for hydroxylation is 1. The molecule has 0 saturated heterocycles. The van der Waals surface area contributed by atoms with Crippen LogP contribution in [0.2, 0.25) is 0 Å². The number of thiophene rings is 1. The summed E-state index contributed by atoms with van der Waals surface area (Å²) in [4.78, 5) is 11.8. The van der Waals surface area contributed by atoms with Gasteiger partial charge < -0.3 is 5.32 Å². The number of H-pyrrole nitrogens is 1. The molecule has 0 aliphatic rings. The fourth-order valence-electron chi connectivity index (χ4n) is 1.44. The number of nitrogens with zero attached hydrogens (tertiary/aromatic N) is 1. The largest absolute Gasteiger partial charge is 0.305 e. The maximum absolute atomic E-state index is 11.8. The van der Waals surface area contributed by atoms with Crippen molar-refractivity contribution in [1.29, 1.82) is 0 Å². The van der Waals surface area contributed by atoms with Crippen LogP contribution >= 0.6 is 27.3 Å². The number of rotatable bonds is 4. The highest BCUT2D eigenvalue weighted by Gasteiger charge is 2.10. The Hall–Kier alpha value is -1.14. The Kier molecular flexibility index (Phi) is 3.96. The Labute approximate surface area is 112 Å². The molecule has 2 heterocycles. The molecule has 1 amide bonds. The zero-order valence-electron chi connectivity index (χ0n) is 9.29. The van der Waals surface area contributed by atoms with Crippen LogP contribution in [0, 0.1) is 0 Å². The van der Waals surface area contributed by atoms with Crippen molar-refractivity contribution in [3.63, 3.8) is 0 Å². The second-order valence-corrected chi connectivity index (χ2v) is 5.91. The van der Waals surface area contributed by atoms with E-state index in [1.54, 1.807) is 11.4 Å². The summed E-state index contributed by atoms with van der Waals surface area (Å²) in [6.07, 6.45) is 1.99. The molecule has 2 aromatic heterocycles. The van der Waals surface area contributed by atoms with Crippen LogP contribution in [0.25, 0.3) is 0 Å². The molecule has 0 atom stereocenters. The third-order valence-electron chi connectivity index (χ3n) is 2.22. The van der Waals surface area contributed by atoms with Gasteiger partial charge >= 0.3 is 0 Å². The molecule has 17 heavy (non-hydrogen) atoms. The third kappa shape index (κ3) is 3.17. The Balaban J connectivity index is 2.02. The number of halogens is 1. The van der Waals surface area contributed by atoms with Crippen molar-refractivity contribution < 1.29 is 4.79 Å². The molecule has 2 rings (SSSR count). The molecule has 0 aliphatic carbocycles. The fraction of sp³-hybridized carbons (Fsp3) is 0.273. The van der Waals surface area contributed by atoms with E-state index in [1.807, 2.05) is 6.07 Å². The van der Waals surface area contributed by atoms with Gasteiger partial charge in [0.25, 0.3) is 5.91 Å². The van der Waals surface area contributed by atoms with E-state index in [1.165, 1.54) is 11.3 Å². The molecule has 6 heteroatoms. The SMILES string of the molecule is CCCc1cc(NC(=O)c2csc(Br)c2)n[nH]1. The first-order valence-electron chi connectivity index (χ1n) is 5.28. The maximum atomic E-state index is 11.8. The Morgan fingerprint density at radius 2 is 2.41 bits per heavy atom. The van der Waals surface area contributed by atoms with Gasteiger partial charge in [-0.1, -0.05) is 13.3 Å². The lowest BCUT2D eigenvalue weighted by Crippen LogP contribution is -2.10. The second kappa shape index (κ2) is 5.46. The lowest BCUT2D eigenvalue weighted by molar-refractivity contribution is 0.102. The molecule has 0 aromatic carbocycles. The lowest BCUT2D eigenvalue weighted by Gasteiger charge is -1.97. The molecular weight excluding hydrogens is 302 g/mol. The van der Waals surface area contributed by atoms with Gasteiger partial charge in [0.15, 0.2) is 5.82 Å². The second-order valence-electron chi connectivity index (χ2n) is 3.62. The van der Waals surface area contributed by atoms with E-state index in [4.69, 9.17) is 0 Å². The number of hydrogen-bond acceptors (Lipinski definition) is 3. The molecule has 0 saturated carbocycles. The molecule has 2 N–H and O–H groups in total. The van der Waals surface area contributed by atoms with Gasteiger partial charge in [-0.25, -0.2) is 0 Å². The summed E-state index contributed by atoms with van der Waals surface area (Å²) < 4.78 is 0.941. The molecular formula is C11H12BrN3OS. The summed E-state index contributed by atoms with van der Waals surface area (Å²) in [6, 6.07) is 3.66. The van der Waals surface area contributed by atoms with Crippen molar-refractivity contribution in [2.45, 2.75) is 19.8 Å². The molecule has 0 spiro atoms. The predicted molar refractivity (Wildman–Crippen MR) is 72.6 cm³/mol. The fourth-order valence-corrected chi connectivity index (χ4v) is 2.58. The number of hydrogen-bond donors (Lipinski definition) is 2. The highest BCUT2D eigenvalue weighted by molar-refractivity contribution is 9.11. The molecule has 4 nitrogen and oxygen atoms in total. The van der Waals surface area contributed by atoms with Gasteiger partial charge in [0.05, 0.1) is 9.35 Å². The van der Waals surface area contributed by atoms with Crippen molar-refractivity contribution in [3.05, 3.63) is 32.6 Å². The van der Waals surface area contributed by atoms with Crippen molar-refractivity contribution in [3.8, 4) is 0 Å². The summed E-state index contributed by atoms with van der Waals surface area (Å²) >= 11 is 4.81. The van der Waals surface area contributed by atoms with Crippen LogP contribution in [-0.4, -0.2) is 16.1 Å². The monoisotopic (exact) mass is 313 g/mol. The van der Waals surface area contributed by atoms with Gasteiger partial charge in [0.1, 0.15) is 0 Å². The van der Waals surface area contributed by atoms with Crippen molar-refractivity contribution >= 4 is 39.0 Å². The normalized spacial score (nSPS) is 10.5. The molecule has 0 radical (unpaired) electrons. The van der Waals surface area contributed by atoms with Crippen molar-refractivity contribution in [2.75, 3.05) is 5.32 Å². The number of carbonyl (C=O) groups excluding carboxylic acids is 1. The minimum atomic E-state index is -0.138. The third-order valence-corrected chi connectivity index (χ3v) is 3.73. The first-order valence-corrected chi connectivity index (χ1v) is 6.96. The van der Waals surface area contributed by atoms with Crippen LogP contribution in [0.1, 0.15) is 29.4 Å². The van der Waals surface area contributed by atoms with Gasteiger partial charge in [-0.15, -0.1) is 11.3 Å². The van der Waals surface area contributed by atoms with Crippen LogP contribution in [-0.2, 0) is 6.42 Å². The highest BCUT2D eigenvalue weighted by Crippen LogP contribution is 2.21. The van der Waals surface area contributed by atoms with Crippen molar-refractivity contribution in [2.24, 2.45) is 0 Å². The summed E-state index contributed by atoms with van der Waals surface area (Å²) in [5, 5.41) is 11.5. The van der Waals surface area contributed by atoms with Crippen LogP contribution in [0.5, 0.6) is 0 Å². The van der Waals surface area contributed by atoms with E-state index < -0.39 is 0 Å². The zero-order chi connectivity index (χ0) is 12.3. The molecule has 0 unspecified atom stereocenters. The number of aromatic amines is 1. The first kappa shape index (κ1) is 12.3. The number of carbonyl (C=O) groups is 1. The number of aromatic nitrogens is 2. The van der Waals surface area contributed by atoms with Crippen LogP contribution in [0.3, 0.4) is 0 Å². The summed E-state index contributed by atoms with van der Waals surface area (Å²) in [7, 11) is 0. The van der Waals surface area contributed by atoms with Crippen LogP contribution < -0.4 is 5.32 Å². The predicted octanol–water partition coefficient (Wildman–Crippen LogP) is 3.44. The summed E-state index contributed by atoms with van der Waals surface area (Å²) in [5.41, 5.74) is 1.68. The quantitative estimate of drug-likeness (QED) is 0.908. The van der Waals surface area contributed by atoms with Crippen LogP contribution in [0.15, 0.2) is 21.3 Å². The van der Waals surface area contributed by atoms with E-state index >= 15 is 0 Å². The Morgan fingerprint density at radius 1 is 1.59 bits per heavy atom. The van der Waals surface area contributed by atoms with Gasteiger partial charge in [0, 0.05) is 17.1 Å². The molecule has 0 fully saturated rings. The van der Waals surface area contributed by atoms with Crippen molar-refractivity contribution in [1.82, 2.24) is 10.2 Å². The van der Waals surface area contributed by atoms with Gasteiger partial charge in [-0.2, -0.15) is 5.10 Å². The topological polar surface area (TPSA) is 57.8 Å². The molecule has 90 valence electrons. The van der Waals surface area contributed by atoms with E-state index in [-0.39, 0.29) is 5.91 Å². The minimum absolute atomic E-state index is 0.138.